The number of nitrogens with zero attached hydrogens (tertiary/aromatic N) is 1. The van der Waals surface area contributed by atoms with Crippen molar-refractivity contribution in [2.24, 2.45) is 11.8 Å². The molecule has 1 saturated heterocycles. The molecule has 1 unspecified atom stereocenters. The maximum Gasteiger partial charge on any atom is 0.123 e. The maximum absolute atomic E-state index is 11.0. The van der Waals surface area contributed by atoms with E-state index in [0.717, 1.165) is 18.8 Å². The summed E-state index contributed by atoms with van der Waals surface area (Å²) in [6.07, 6.45) is 8.44. The second-order valence-electron chi connectivity index (χ2n) is 6.41. The Labute approximate surface area is 122 Å². The topological polar surface area (TPSA) is 20.3 Å². The third-order valence-electron chi connectivity index (χ3n) is 5.13. The summed E-state index contributed by atoms with van der Waals surface area (Å²) in [7, 11) is 0. The van der Waals surface area contributed by atoms with E-state index >= 15 is 0 Å². The van der Waals surface area contributed by atoms with E-state index in [2.05, 4.69) is 35.2 Å². The number of likely N-dealkylation sites (tertiary alicyclic amines) is 1. The second-order valence-corrected chi connectivity index (χ2v) is 6.41. The molecule has 0 N–H and O–H groups in total. The summed E-state index contributed by atoms with van der Waals surface area (Å²) in [5.74, 6) is 1.05. The fourth-order valence-corrected chi connectivity index (χ4v) is 4.05. The van der Waals surface area contributed by atoms with Crippen molar-refractivity contribution in [3.63, 3.8) is 0 Å². The summed E-state index contributed by atoms with van der Waals surface area (Å²) < 4.78 is 0. The van der Waals surface area contributed by atoms with Crippen LogP contribution in [0, 0.1) is 11.8 Å². The minimum Gasteiger partial charge on any atom is -0.303 e. The van der Waals surface area contributed by atoms with Crippen LogP contribution in [0.25, 0.3) is 0 Å². The van der Waals surface area contributed by atoms with Gasteiger partial charge >= 0.3 is 0 Å². The molecule has 1 aromatic rings. The van der Waals surface area contributed by atoms with Crippen LogP contribution in [0.4, 0.5) is 0 Å². The minimum absolute atomic E-state index is 0.321. The highest BCUT2D eigenvalue weighted by atomic mass is 16.1. The van der Waals surface area contributed by atoms with Gasteiger partial charge in [-0.3, -0.25) is 4.90 Å². The Balaban J connectivity index is 1.77. The van der Waals surface area contributed by atoms with Crippen molar-refractivity contribution in [2.45, 2.75) is 44.6 Å². The van der Waals surface area contributed by atoms with Gasteiger partial charge in [0.2, 0.25) is 0 Å². The molecule has 0 spiro atoms. The van der Waals surface area contributed by atoms with Crippen LogP contribution in [0.2, 0.25) is 0 Å². The Hall–Kier alpha value is -1.15. The molecule has 0 radical (unpaired) electrons. The molecule has 0 aromatic heterocycles. The Bertz CT molecular complexity index is 416. The van der Waals surface area contributed by atoms with Crippen LogP contribution in [-0.2, 0) is 4.79 Å². The first-order valence-corrected chi connectivity index (χ1v) is 8.13. The zero-order valence-electron chi connectivity index (χ0n) is 12.2. The van der Waals surface area contributed by atoms with E-state index < -0.39 is 0 Å². The summed E-state index contributed by atoms with van der Waals surface area (Å²) >= 11 is 0. The van der Waals surface area contributed by atoms with Crippen LogP contribution in [0.5, 0.6) is 0 Å². The van der Waals surface area contributed by atoms with E-state index in [1.54, 1.807) is 0 Å². The van der Waals surface area contributed by atoms with Gasteiger partial charge in [-0.15, -0.1) is 0 Å². The molecule has 3 rings (SSSR count). The summed E-state index contributed by atoms with van der Waals surface area (Å²) in [6, 6.07) is 11.6. The molecule has 1 aromatic carbocycles. The van der Waals surface area contributed by atoms with E-state index in [4.69, 9.17) is 0 Å². The quantitative estimate of drug-likeness (QED) is 0.776. The van der Waals surface area contributed by atoms with E-state index in [1.807, 2.05) is 0 Å². The summed E-state index contributed by atoms with van der Waals surface area (Å²) in [5, 5.41) is 0. The zero-order chi connectivity index (χ0) is 13.8. The van der Waals surface area contributed by atoms with Crippen LogP contribution < -0.4 is 0 Å². The molecule has 108 valence electrons. The van der Waals surface area contributed by atoms with E-state index in [1.165, 1.54) is 50.6 Å². The maximum atomic E-state index is 11.0. The predicted molar refractivity (Wildman–Crippen MR) is 81.5 cm³/mol. The smallest absolute Gasteiger partial charge is 0.123 e. The molecular formula is C18H25NO. The Morgan fingerprint density at radius 2 is 1.65 bits per heavy atom. The largest absolute Gasteiger partial charge is 0.303 e. The summed E-state index contributed by atoms with van der Waals surface area (Å²) in [6.45, 7) is 2.49. The highest BCUT2D eigenvalue weighted by molar-refractivity contribution is 5.53. The van der Waals surface area contributed by atoms with Gasteiger partial charge in [0.25, 0.3) is 0 Å². The third kappa shape index (κ3) is 2.95. The van der Waals surface area contributed by atoms with Crippen LogP contribution in [0.15, 0.2) is 30.3 Å². The van der Waals surface area contributed by atoms with E-state index in [-0.39, 0.29) is 0 Å². The predicted octanol–water partition coefficient (Wildman–Crippen LogP) is 3.83. The van der Waals surface area contributed by atoms with Crippen molar-refractivity contribution < 1.29 is 4.79 Å². The molecule has 2 aliphatic rings. The van der Waals surface area contributed by atoms with Gasteiger partial charge in [0.05, 0.1) is 0 Å². The molecule has 20 heavy (non-hydrogen) atoms. The van der Waals surface area contributed by atoms with Crippen LogP contribution in [0.1, 0.15) is 50.1 Å². The molecule has 1 saturated carbocycles. The molecule has 1 aliphatic carbocycles. The Morgan fingerprint density at radius 3 is 2.25 bits per heavy atom. The monoisotopic (exact) mass is 271 g/mol. The first kappa shape index (κ1) is 13.8. The van der Waals surface area contributed by atoms with Gasteiger partial charge in [-0.2, -0.15) is 0 Å². The molecule has 1 heterocycles. The summed E-state index contributed by atoms with van der Waals surface area (Å²) in [4.78, 5) is 13.6. The van der Waals surface area contributed by atoms with Crippen LogP contribution >= 0.6 is 0 Å². The molecule has 1 aliphatic heterocycles. The molecule has 2 nitrogen and oxygen atoms in total. The summed E-state index contributed by atoms with van der Waals surface area (Å²) in [5.41, 5.74) is 1.48. The molecule has 2 heteroatoms. The SMILES string of the molecule is O=CC1CCC(C(c2ccccc2)N2CCCC2)CC1. The number of aldehydes is 1. The zero-order valence-corrected chi connectivity index (χ0v) is 12.2. The van der Waals surface area contributed by atoms with Crippen molar-refractivity contribution in [2.75, 3.05) is 13.1 Å². The van der Waals surface area contributed by atoms with Gasteiger partial charge in [-0.1, -0.05) is 30.3 Å². The van der Waals surface area contributed by atoms with Crippen molar-refractivity contribution in [1.29, 1.82) is 0 Å². The molecule has 1 atom stereocenters. The Morgan fingerprint density at radius 1 is 1.00 bits per heavy atom. The van der Waals surface area contributed by atoms with Crippen LogP contribution in [0.3, 0.4) is 0 Å². The van der Waals surface area contributed by atoms with Crippen LogP contribution in [-0.4, -0.2) is 24.3 Å². The van der Waals surface area contributed by atoms with Gasteiger partial charge < -0.3 is 4.79 Å². The molecule has 2 fully saturated rings. The Kier molecular flexibility index (Phi) is 4.51. The fourth-order valence-electron chi connectivity index (χ4n) is 4.05. The van der Waals surface area contributed by atoms with Crippen molar-refractivity contribution in [3.05, 3.63) is 35.9 Å². The number of rotatable bonds is 4. The second kappa shape index (κ2) is 6.53. The lowest BCUT2D eigenvalue weighted by atomic mass is 9.76. The third-order valence-corrected chi connectivity index (χ3v) is 5.13. The lowest BCUT2D eigenvalue weighted by Gasteiger charge is -2.38. The standard InChI is InChI=1S/C18H25NO/c20-14-15-8-10-17(11-9-15)18(19-12-4-5-13-19)16-6-2-1-3-7-16/h1-3,6-7,14-15,17-18H,4-5,8-13H2. The average Bonchev–Trinajstić information content (AvgIpc) is 3.03. The van der Waals surface area contributed by atoms with Gasteiger partial charge in [0.15, 0.2) is 0 Å². The highest BCUT2D eigenvalue weighted by Crippen LogP contribution is 2.40. The number of carbonyl (C=O) groups is 1. The minimum atomic E-state index is 0.321. The van der Waals surface area contributed by atoms with E-state index in [9.17, 15) is 4.79 Å². The van der Waals surface area contributed by atoms with Gasteiger partial charge in [0, 0.05) is 12.0 Å². The normalized spacial score (nSPS) is 29.2. The van der Waals surface area contributed by atoms with Gasteiger partial charge in [0.1, 0.15) is 6.29 Å². The first-order chi connectivity index (χ1) is 9.88. The van der Waals surface area contributed by atoms with Gasteiger partial charge in [-0.25, -0.2) is 0 Å². The number of carbonyl (C=O) groups excluding carboxylic acids is 1. The van der Waals surface area contributed by atoms with Gasteiger partial charge in [-0.05, 0) is 63.1 Å². The van der Waals surface area contributed by atoms with Crippen molar-refractivity contribution in [3.8, 4) is 0 Å². The van der Waals surface area contributed by atoms with E-state index in [0.29, 0.717) is 12.0 Å². The van der Waals surface area contributed by atoms with Crippen molar-refractivity contribution >= 4 is 6.29 Å². The fraction of sp³-hybridized carbons (Fsp3) is 0.611. The lowest BCUT2D eigenvalue weighted by Crippen LogP contribution is -2.33. The van der Waals surface area contributed by atoms with Crippen molar-refractivity contribution in [1.82, 2.24) is 4.90 Å². The molecule has 0 amide bonds. The number of hydrogen-bond acceptors (Lipinski definition) is 2. The lowest BCUT2D eigenvalue weighted by molar-refractivity contribution is -0.112. The number of hydrogen-bond donors (Lipinski definition) is 0. The first-order valence-electron chi connectivity index (χ1n) is 8.13. The average molecular weight is 271 g/mol. The molecular weight excluding hydrogens is 246 g/mol. The molecule has 0 bridgehead atoms. The highest BCUT2D eigenvalue weighted by Gasteiger charge is 2.33. The number of benzene rings is 1.